The second-order valence-electron chi connectivity index (χ2n) is 5.33. The summed E-state index contributed by atoms with van der Waals surface area (Å²) in [6.45, 7) is 1.78. The highest BCUT2D eigenvalue weighted by Crippen LogP contribution is 2.31. The van der Waals surface area contributed by atoms with E-state index in [1.165, 1.54) is 6.92 Å². The molecule has 3 unspecified atom stereocenters. The first-order chi connectivity index (χ1) is 10.7. The van der Waals surface area contributed by atoms with Crippen LogP contribution in [-0.2, 0) is 19.1 Å². The van der Waals surface area contributed by atoms with Crippen LogP contribution in [0.1, 0.15) is 20.3 Å². The summed E-state index contributed by atoms with van der Waals surface area (Å²) in [4.78, 5) is 23.1. The van der Waals surface area contributed by atoms with Gasteiger partial charge in [0.15, 0.2) is 0 Å². The van der Waals surface area contributed by atoms with Crippen LogP contribution in [0.2, 0.25) is 0 Å². The second-order valence-corrected chi connectivity index (χ2v) is 5.33. The first-order valence-corrected chi connectivity index (χ1v) is 7.15. The molecule has 1 aliphatic rings. The summed E-state index contributed by atoms with van der Waals surface area (Å²) in [6.07, 6.45) is -7.08. The normalized spacial score (nSPS) is 33.6. The van der Waals surface area contributed by atoms with E-state index in [0.29, 0.717) is 0 Å². The molecular weight excluding hydrogens is 314 g/mol. The van der Waals surface area contributed by atoms with Crippen LogP contribution >= 0.6 is 0 Å². The number of carbonyl (C=O) groups excluding carboxylic acids is 2. The van der Waals surface area contributed by atoms with Crippen molar-refractivity contribution in [2.75, 3.05) is 13.2 Å². The van der Waals surface area contributed by atoms with E-state index in [2.05, 4.69) is 10.1 Å². The molecule has 0 bridgehead atoms. The van der Waals surface area contributed by atoms with Crippen molar-refractivity contribution in [1.82, 2.24) is 5.32 Å². The quantitative estimate of drug-likeness (QED) is 0.271. The maximum atomic E-state index is 11.8. The summed E-state index contributed by atoms with van der Waals surface area (Å²) in [7, 11) is 0. The Morgan fingerprint density at radius 1 is 1.43 bits per heavy atom. The number of ether oxygens (including phenoxy) is 2. The van der Waals surface area contributed by atoms with E-state index in [1.54, 1.807) is 0 Å². The van der Waals surface area contributed by atoms with Gasteiger partial charge in [-0.3, -0.25) is 4.79 Å². The molecule has 1 fully saturated rings. The van der Waals surface area contributed by atoms with Crippen LogP contribution in [-0.4, -0.2) is 86.9 Å². The number of aliphatic hydroxyl groups excluding tert-OH is 4. The zero-order chi connectivity index (χ0) is 17.8. The first-order valence-electron chi connectivity index (χ1n) is 7.15. The smallest absolute Gasteiger partial charge is 0.366 e. The number of carbonyl (C=O) groups is 2. The van der Waals surface area contributed by atoms with Crippen molar-refractivity contribution in [3.8, 4) is 0 Å². The van der Waals surface area contributed by atoms with Gasteiger partial charge in [0.25, 0.3) is 5.79 Å². The van der Waals surface area contributed by atoms with Crippen LogP contribution in [0, 0.1) is 0 Å². The average molecular weight is 337 g/mol. The van der Waals surface area contributed by atoms with Gasteiger partial charge in [-0.25, -0.2) is 4.79 Å². The van der Waals surface area contributed by atoms with Crippen molar-refractivity contribution < 1.29 is 44.6 Å². The minimum Gasteiger partial charge on any atom is -0.462 e. The fourth-order valence-electron chi connectivity index (χ4n) is 2.37. The number of amides is 1. The number of rotatable bonds is 6. The fraction of sp³-hybridized carbons (Fsp3) is 0.846. The molecule has 0 aliphatic carbocycles. The van der Waals surface area contributed by atoms with Crippen molar-refractivity contribution in [2.24, 2.45) is 0 Å². The van der Waals surface area contributed by atoms with E-state index < -0.39 is 61.1 Å². The fourth-order valence-corrected chi connectivity index (χ4v) is 2.37. The van der Waals surface area contributed by atoms with Gasteiger partial charge in [0.2, 0.25) is 5.91 Å². The maximum absolute atomic E-state index is 11.8. The topological polar surface area (TPSA) is 166 Å². The third-order valence-electron chi connectivity index (χ3n) is 3.47. The Morgan fingerprint density at radius 3 is 2.52 bits per heavy atom. The van der Waals surface area contributed by atoms with Crippen molar-refractivity contribution in [2.45, 2.75) is 56.5 Å². The molecule has 0 aromatic heterocycles. The van der Waals surface area contributed by atoms with Gasteiger partial charge in [-0.05, 0) is 6.92 Å². The lowest BCUT2D eigenvalue weighted by Crippen LogP contribution is -2.67. The highest BCUT2D eigenvalue weighted by molar-refractivity contribution is 5.78. The van der Waals surface area contributed by atoms with Crippen LogP contribution in [0.3, 0.4) is 0 Å². The molecule has 1 saturated heterocycles. The second kappa shape index (κ2) is 7.99. The molecule has 134 valence electrons. The third-order valence-corrected chi connectivity index (χ3v) is 3.47. The Bertz CT molecular complexity index is 432. The molecule has 1 amide bonds. The van der Waals surface area contributed by atoms with E-state index in [1.807, 2.05) is 0 Å². The van der Waals surface area contributed by atoms with Crippen molar-refractivity contribution in [3.05, 3.63) is 0 Å². The molecule has 0 aromatic rings. The van der Waals surface area contributed by atoms with Gasteiger partial charge in [0, 0.05) is 13.3 Å². The Hall–Kier alpha value is -1.30. The number of esters is 1. The molecule has 0 spiro atoms. The summed E-state index contributed by atoms with van der Waals surface area (Å²) >= 11 is 0. The lowest BCUT2D eigenvalue weighted by atomic mass is 9.88. The van der Waals surface area contributed by atoms with Crippen molar-refractivity contribution >= 4 is 11.9 Å². The molecule has 0 radical (unpaired) electrons. The number of hydrogen-bond acceptors (Lipinski definition) is 9. The van der Waals surface area contributed by atoms with E-state index >= 15 is 0 Å². The Morgan fingerprint density at radius 2 is 2.04 bits per heavy atom. The lowest BCUT2D eigenvalue weighted by Gasteiger charge is -2.45. The molecule has 10 heteroatoms. The molecule has 23 heavy (non-hydrogen) atoms. The zero-order valence-corrected chi connectivity index (χ0v) is 12.9. The summed E-state index contributed by atoms with van der Waals surface area (Å²) < 4.78 is 9.80. The largest absolute Gasteiger partial charge is 0.462 e. The molecule has 6 N–H and O–H groups in total. The zero-order valence-electron chi connectivity index (χ0n) is 12.9. The molecule has 1 rings (SSSR count). The van der Waals surface area contributed by atoms with Crippen LogP contribution in [0.5, 0.6) is 0 Å². The number of hydrogen-bond donors (Lipinski definition) is 6. The van der Waals surface area contributed by atoms with E-state index in [9.17, 15) is 30.0 Å². The van der Waals surface area contributed by atoms with Gasteiger partial charge in [0.05, 0.1) is 25.4 Å². The van der Waals surface area contributed by atoms with Crippen molar-refractivity contribution in [3.63, 3.8) is 0 Å². The summed E-state index contributed by atoms with van der Waals surface area (Å²) in [5.74, 6) is -4.28. The molecule has 1 aliphatic heterocycles. The Labute approximate surface area is 132 Å². The van der Waals surface area contributed by atoms with Crippen LogP contribution in [0.25, 0.3) is 0 Å². The van der Waals surface area contributed by atoms with Crippen LogP contribution < -0.4 is 5.32 Å². The molecule has 1 heterocycles. The standard InChI is InChI=1S/C13H23NO9/c1-3-22-12(20)13(21)4-7(17)9(14-6(2)16)11(23-13)10(19)8(18)5-15/h7-11,15,17-19,21H,3-5H2,1-2H3,(H,14,16)/t7-,8?,9+,10?,11+,13?/m0/s1. The summed E-state index contributed by atoms with van der Waals surface area (Å²) in [5, 5.41) is 51.2. The monoisotopic (exact) mass is 337 g/mol. The Balaban J connectivity index is 3.08. The average Bonchev–Trinajstić information content (AvgIpc) is 2.48. The SMILES string of the molecule is CCOC(=O)C1(O)C[C@H](O)[C@@H](NC(C)=O)[C@H](C(O)C(O)CO)O1. The van der Waals surface area contributed by atoms with Crippen LogP contribution in [0.15, 0.2) is 0 Å². The van der Waals surface area contributed by atoms with Gasteiger partial charge in [-0.15, -0.1) is 0 Å². The predicted octanol–water partition coefficient (Wildman–Crippen LogP) is -3.39. The van der Waals surface area contributed by atoms with E-state index in [0.717, 1.165) is 6.92 Å². The Kier molecular flexibility index (Phi) is 6.86. The van der Waals surface area contributed by atoms with Gasteiger partial charge >= 0.3 is 5.97 Å². The molecule has 0 aromatic carbocycles. The molecular formula is C13H23NO9. The summed E-state index contributed by atoms with van der Waals surface area (Å²) in [5.41, 5.74) is 0. The lowest BCUT2D eigenvalue weighted by molar-refractivity contribution is -0.297. The highest BCUT2D eigenvalue weighted by atomic mass is 16.7. The molecule has 6 atom stereocenters. The molecule has 10 nitrogen and oxygen atoms in total. The van der Waals surface area contributed by atoms with Crippen LogP contribution in [0.4, 0.5) is 0 Å². The van der Waals surface area contributed by atoms with E-state index in [-0.39, 0.29) is 6.61 Å². The predicted molar refractivity (Wildman–Crippen MR) is 73.8 cm³/mol. The summed E-state index contributed by atoms with van der Waals surface area (Å²) in [6, 6.07) is -1.21. The minimum atomic E-state index is -2.55. The molecule has 0 saturated carbocycles. The first kappa shape index (κ1) is 19.7. The third kappa shape index (κ3) is 4.59. The van der Waals surface area contributed by atoms with Crippen molar-refractivity contribution in [1.29, 1.82) is 0 Å². The van der Waals surface area contributed by atoms with E-state index in [4.69, 9.17) is 9.84 Å². The minimum absolute atomic E-state index is 0.0534. The van der Waals surface area contributed by atoms with Gasteiger partial charge < -0.3 is 40.3 Å². The maximum Gasteiger partial charge on any atom is 0.366 e. The van der Waals surface area contributed by atoms with Gasteiger partial charge in [-0.1, -0.05) is 0 Å². The number of aliphatic hydroxyl groups is 5. The van der Waals surface area contributed by atoms with Gasteiger partial charge in [-0.2, -0.15) is 0 Å². The highest BCUT2D eigenvalue weighted by Gasteiger charge is 2.54. The van der Waals surface area contributed by atoms with Gasteiger partial charge in [0.1, 0.15) is 18.3 Å². The number of nitrogens with one attached hydrogen (secondary N) is 1.